The second kappa shape index (κ2) is 10.7. The Kier molecular flexibility index (Phi) is 9.01. The molecule has 0 amide bonds. The summed E-state index contributed by atoms with van der Waals surface area (Å²) in [6.45, 7) is 19.7. The lowest BCUT2D eigenvalue weighted by Crippen LogP contribution is -2.46. The average Bonchev–Trinajstić information content (AvgIpc) is 2.70. The zero-order valence-corrected chi connectivity index (χ0v) is 16.5. The number of hydrogen-bond acceptors (Lipinski definition) is 5. The van der Waals surface area contributed by atoms with E-state index in [0.29, 0.717) is 5.56 Å². The molecule has 0 aliphatic carbocycles. The molecule has 0 bridgehead atoms. The van der Waals surface area contributed by atoms with Crippen LogP contribution in [0.1, 0.15) is 51.3 Å². The van der Waals surface area contributed by atoms with Gasteiger partial charge in [0.25, 0.3) is 0 Å². The Labute approximate surface area is 153 Å². The first-order valence-electron chi connectivity index (χ1n) is 9.47. The Hall–Kier alpha value is -2.06. The Morgan fingerprint density at radius 2 is 1.80 bits per heavy atom. The molecular weight excluding hydrogens is 310 g/mol. The molecule has 0 saturated carbocycles. The van der Waals surface area contributed by atoms with Gasteiger partial charge < -0.3 is 15.1 Å². The Balaban J connectivity index is 0.000000730. The fourth-order valence-electron chi connectivity index (χ4n) is 3.14. The van der Waals surface area contributed by atoms with Crippen molar-refractivity contribution in [2.45, 2.75) is 47.6 Å². The molecule has 1 saturated heterocycles. The van der Waals surface area contributed by atoms with Crippen LogP contribution in [0.5, 0.6) is 0 Å². The molecule has 0 spiro atoms. The number of nitrogens with one attached hydrogen (secondary N) is 1. The van der Waals surface area contributed by atoms with Crippen LogP contribution in [0.3, 0.4) is 0 Å². The van der Waals surface area contributed by atoms with Crippen LogP contribution < -0.4 is 10.2 Å². The normalized spacial score (nSPS) is 15.7. The van der Waals surface area contributed by atoms with Gasteiger partial charge in [-0.15, -0.1) is 0 Å². The highest BCUT2D eigenvalue weighted by Gasteiger charge is 2.24. The molecule has 138 valence electrons. The maximum atomic E-state index is 9.24. The van der Waals surface area contributed by atoms with Crippen molar-refractivity contribution in [3.63, 3.8) is 0 Å². The predicted octanol–water partition coefficient (Wildman–Crippen LogP) is 3.31. The van der Waals surface area contributed by atoms with E-state index in [-0.39, 0.29) is 0 Å². The highest BCUT2D eigenvalue weighted by Crippen LogP contribution is 2.27. The van der Waals surface area contributed by atoms with Gasteiger partial charge in [-0.2, -0.15) is 5.26 Å². The summed E-state index contributed by atoms with van der Waals surface area (Å²) in [5, 5.41) is 12.6. The molecule has 25 heavy (non-hydrogen) atoms. The van der Waals surface area contributed by atoms with Crippen molar-refractivity contribution in [2.24, 2.45) is 0 Å². The SMILES string of the molecule is C=C(C)N1CCN(c2ncc(C#N)c3c2CCNC3)CC1.CC.CC. The molecule has 5 heteroatoms. The summed E-state index contributed by atoms with van der Waals surface area (Å²) in [5.41, 5.74) is 4.24. The summed E-state index contributed by atoms with van der Waals surface area (Å²) >= 11 is 0. The van der Waals surface area contributed by atoms with Crippen molar-refractivity contribution < 1.29 is 0 Å². The molecule has 0 radical (unpaired) electrons. The van der Waals surface area contributed by atoms with Gasteiger partial charge in [-0.25, -0.2) is 4.98 Å². The molecule has 1 aromatic heterocycles. The number of nitrogens with zero attached hydrogens (tertiary/aromatic N) is 4. The minimum Gasteiger partial charge on any atom is -0.372 e. The molecule has 2 aliphatic rings. The van der Waals surface area contributed by atoms with Gasteiger partial charge in [-0.05, 0) is 25.5 Å². The first kappa shape index (κ1) is 21.0. The van der Waals surface area contributed by atoms with Crippen molar-refractivity contribution in [1.29, 1.82) is 5.26 Å². The molecular formula is C20H33N5. The van der Waals surface area contributed by atoms with Gasteiger partial charge in [-0.3, -0.25) is 0 Å². The minimum absolute atomic E-state index is 0.710. The molecule has 1 fully saturated rings. The van der Waals surface area contributed by atoms with Crippen molar-refractivity contribution in [3.8, 4) is 6.07 Å². The highest BCUT2D eigenvalue weighted by molar-refractivity contribution is 5.57. The number of rotatable bonds is 2. The van der Waals surface area contributed by atoms with E-state index >= 15 is 0 Å². The zero-order valence-electron chi connectivity index (χ0n) is 16.5. The summed E-state index contributed by atoms with van der Waals surface area (Å²) in [5.74, 6) is 1.08. The third-order valence-corrected chi connectivity index (χ3v) is 4.37. The number of pyridine rings is 1. The van der Waals surface area contributed by atoms with Crippen molar-refractivity contribution in [3.05, 3.63) is 35.2 Å². The maximum Gasteiger partial charge on any atom is 0.132 e. The quantitative estimate of drug-likeness (QED) is 0.893. The molecule has 1 N–H and O–H groups in total. The van der Waals surface area contributed by atoms with Gasteiger partial charge in [0.05, 0.1) is 5.56 Å². The van der Waals surface area contributed by atoms with Crippen molar-refractivity contribution in [2.75, 3.05) is 37.6 Å². The van der Waals surface area contributed by atoms with Gasteiger partial charge in [0, 0.05) is 50.2 Å². The topological polar surface area (TPSA) is 55.2 Å². The summed E-state index contributed by atoms with van der Waals surface area (Å²) in [4.78, 5) is 9.26. The van der Waals surface area contributed by atoms with Crippen molar-refractivity contribution >= 4 is 5.82 Å². The number of nitriles is 1. The summed E-state index contributed by atoms with van der Waals surface area (Å²) < 4.78 is 0. The maximum absolute atomic E-state index is 9.24. The first-order chi connectivity index (χ1) is 12.2. The van der Waals surface area contributed by atoms with Gasteiger partial charge in [0.2, 0.25) is 0 Å². The van der Waals surface area contributed by atoms with Crippen LogP contribution >= 0.6 is 0 Å². The average molecular weight is 344 g/mol. The van der Waals surface area contributed by atoms with Gasteiger partial charge in [0.1, 0.15) is 11.9 Å². The monoisotopic (exact) mass is 343 g/mol. The molecule has 0 aromatic carbocycles. The van der Waals surface area contributed by atoms with Crippen LogP contribution in [-0.2, 0) is 13.0 Å². The smallest absolute Gasteiger partial charge is 0.132 e. The number of hydrogen-bond donors (Lipinski definition) is 1. The number of anilines is 1. The summed E-state index contributed by atoms with van der Waals surface area (Å²) in [6, 6.07) is 2.27. The molecule has 0 unspecified atom stereocenters. The van der Waals surface area contributed by atoms with Crippen LogP contribution in [-0.4, -0.2) is 42.6 Å². The number of fused-ring (bicyclic) bond motifs is 1. The van der Waals surface area contributed by atoms with Crippen LogP contribution in [0.4, 0.5) is 5.82 Å². The van der Waals surface area contributed by atoms with Crippen LogP contribution in [0, 0.1) is 11.3 Å². The molecule has 2 aliphatic heterocycles. The van der Waals surface area contributed by atoms with Gasteiger partial charge in [0.15, 0.2) is 0 Å². The van der Waals surface area contributed by atoms with Crippen LogP contribution in [0.2, 0.25) is 0 Å². The van der Waals surface area contributed by atoms with Gasteiger partial charge >= 0.3 is 0 Å². The summed E-state index contributed by atoms with van der Waals surface area (Å²) in [7, 11) is 0. The number of aromatic nitrogens is 1. The highest BCUT2D eigenvalue weighted by atomic mass is 15.3. The molecule has 1 aromatic rings. The van der Waals surface area contributed by atoms with E-state index in [1.165, 1.54) is 5.56 Å². The third kappa shape index (κ3) is 4.96. The number of piperazine rings is 1. The lowest BCUT2D eigenvalue weighted by Gasteiger charge is -2.38. The van der Waals surface area contributed by atoms with E-state index in [1.807, 2.05) is 27.7 Å². The van der Waals surface area contributed by atoms with E-state index in [1.54, 1.807) is 6.20 Å². The number of allylic oxidation sites excluding steroid dienone is 1. The van der Waals surface area contributed by atoms with Crippen LogP contribution in [0.25, 0.3) is 0 Å². The van der Waals surface area contributed by atoms with E-state index in [0.717, 1.165) is 62.8 Å². The molecule has 5 nitrogen and oxygen atoms in total. The minimum atomic E-state index is 0.710. The molecule has 0 atom stereocenters. The van der Waals surface area contributed by atoms with E-state index in [4.69, 9.17) is 0 Å². The zero-order chi connectivity index (χ0) is 18.8. The lowest BCUT2D eigenvalue weighted by molar-refractivity contribution is 0.322. The second-order valence-corrected chi connectivity index (χ2v) is 5.70. The fraction of sp³-hybridized carbons (Fsp3) is 0.600. The Morgan fingerprint density at radius 3 is 2.36 bits per heavy atom. The standard InChI is InChI=1S/C16H21N5.2C2H6/c1-12(2)20-5-7-21(8-6-20)16-14-3-4-18-11-15(14)13(9-17)10-19-16;2*1-2/h10,18H,1,3-8,11H2,2H3;2*1-2H3. The van der Waals surface area contributed by atoms with Gasteiger partial charge in [-0.1, -0.05) is 34.3 Å². The largest absolute Gasteiger partial charge is 0.372 e. The third-order valence-electron chi connectivity index (χ3n) is 4.37. The molecule has 3 rings (SSSR count). The molecule has 3 heterocycles. The van der Waals surface area contributed by atoms with Crippen LogP contribution in [0.15, 0.2) is 18.5 Å². The lowest BCUT2D eigenvalue weighted by atomic mass is 9.97. The van der Waals surface area contributed by atoms with E-state index in [2.05, 4.69) is 39.7 Å². The van der Waals surface area contributed by atoms with E-state index in [9.17, 15) is 5.26 Å². The van der Waals surface area contributed by atoms with Crippen molar-refractivity contribution in [1.82, 2.24) is 15.2 Å². The fourth-order valence-corrected chi connectivity index (χ4v) is 3.14. The first-order valence-corrected chi connectivity index (χ1v) is 9.47. The Bertz CT molecular complexity index is 595. The second-order valence-electron chi connectivity index (χ2n) is 5.70. The van der Waals surface area contributed by atoms with E-state index < -0.39 is 0 Å². The summed E-state index contributed by atoms with van der Waals surface area (Å²) in [6.07, 6.45) is 2.68. The predicted molar refractivity (Wildman–Crippen MR) is 106 cm³/mol. The Morgan fingerprint density at radius 1 is 1.16 bits per heavy atom.